The first-order chi connectivity index (χ1) is 4.37. The lowest BCUT2D eigenvalue weighted by atomic mass is 10.0. The first-order valence-electron chi connectivity index (χ1n) is 3.28. The van der Waals surface area contributed by atoms with Gasteiger partial charge in [0.2, 0.25) is 0 Å². The summed E-state index contributed by atoms with van der Waals surface area (Å²) < 4.78 is 27.3. The summed E-state index contributed by atoms with van der Waals surface area (Å²) in [5.74, 6) is 0.410. The maximum atomic E-state index is 11.0. The summed E-state index contributed by atoms with van der Waals surface area (Å²) in [6.45, 7) is 3.72. The van der Waals surface area contributed by atoms with Gasteiger partial charge in [-0.15, -0.1) is 0 Å². The molecule has 2 aliphatic heterocycles. The molecule has 4 heteroatoms. The molecule has 3 nitrogen and oxygen atoms in total. The number of epoxide rings is 1. The van der Waals surface area contributed by atoms with Crippen LogP contribution in [0.5, 0.6) is 0 Å². The molecule has 0 aromatic carbocycles. The summed E-state index contributed by atoms with van der Waals surface area (Å²) in [6, 6.07) is 0. The normalized spacial score (nSPS) is 56.2. The number of hydrogen-bond acceptors (Lipinski definition) is 3. The lowest BCUT2D eigenvalue weighted by molar-refractivity contribution is 0.289. The molecule has 2 atom stereocenters. The second kappa shape index (κ2) is 1.28. The molecule has 0 saturated carbocycles. The van der Waals surface area contributed by atoms with Crippen LogP contribution < -0.4 is 0 Å². The van der Waals surface area contributed by atoms with Crippen molar-refractivity contribution < 1.29 is 13.2 Å². The zero-order chi connectivity index (χ0) is 7.62. The number of sulfone groups is 1. The molecule has 0 aliphatic carbocycles. The van der Waals surface area contributed by atoms with E-state index in [9.17, 15) is 8.42 Å². The summed E-state index contributed by atoms with van der Waals surface area (Å²) in [7, 11) is -2.79. The number of fused-ring (bicyclic) bond motifs is 1. The van der Waals surface area contributed by atoms with Crippen molar-refractivity contribution in [3.05, 3.63) is 0 Å². The molecule has 2 fully saturated rings. The Morgan fingerprint density at radius 3 is 1.80 bits per heavy atom. The fourth-order valence-electron chi connectivity index (χ4n) is 1.73. The van der Waals surface area contributed by atoms with Crippen LogP contribution in [0, 0.1) is 0 Å². The predicted octanol–water partition coefficient (Wildman–Crippen LogP) is -0.0376. The summed E-state index contributed by atoms with van der Waals surface area (Å²) in [5.41, 5.74) is -0.711. The summed E-state index contributed by atoms with van der Waals surface area (Å²) in [5, 5.41) is 0. The van der Waals surface area contributed by atoms with E-state index >= 15 is 0 Å². The zero-order valence-corrected chi connectivity index (χ0v) is 6.86. The van der Waals surface area contributed by atoms with E-state index in [0.717, 1.165) is 0 Å². The van der Waals surface area contributed by atoms with Crippen LogP contribution in [0.15, 0.2) is 0 Å². The largest absolute Gasteiger partial charge is 0.361 e. The molecule has 0 amide bonds. The van der Waals surface area contributed by atoms with Crippen LogP contribution in [0.1, 0.15) is 13.8 Å². The standard InChI is InChI=1S/C6H10O3S/c1-5-3-10(7,8)4-6(5,2)9-5/h3-4H2,1-2H3/t5-,6-/m0/s1. The average molecular weight is 162 g/mol. The van der Waals surface area contributed by atoms with Crippen molar-refractivity contribution in [1.29, 1.82) is 0 Å². The molecule has 0 N–H and O–H groups in total. The van der Waals surface area contributed by atoms with E-state index in [2.05, 4.69) is 0 Å². The molecule has 10 heavy (non-hydrogen) atoms. The zero-order valence-electron chi connectivity index (χ0n) is 6.05. The number of ether oxygens (including phenoxy) is 1. The van der Waals surface area contributed by atoms with Crippen molar-refractivity contribution in [3.63, 3.8) is 0 Å². The third-order valence-electron chi connectivity index (χ3n) is 2.52. The molecule has 0 unspecified atom stereocenters. The van der Waals surface area contributed by atoms with Crippen molar-refractivity contribution in [2.24, 2.45) is 0 Å². The van der Waals surface area contributed by atoms with Gasteiger partial charge in [0, 0.05) is 0 Å². The lowest BCUT2D eigenvalue weighted by Gasteiger charge is -1.97. The second-order valence-electron chi connectivity index (χ2n) is 3.60. The summed E-state index contributed by atoms with van der Waals surface area (Å²) in [4.78, 5) is 0. The minimum absolute atomic E-state index is 0.205. The van der Waals surface area contributed by atoms with Crippen molar-refractivity contribution in [2.45, 2.75) is 25.0 Å². The molecular formula is C6H10O3S. The van der Waals surface area contributed by atoms with Crippen LogP contribution in [-0.2, 0) is 14.6 Å². The molecule has 0 spiro atoms. The van der Waals surface area contributed by atoms with Crippen LogP contribution in [0.4, 0.5) is 0 Å². The van der Waals surface area contributed by atoms with E-state index in [-0.39, 0.29) is 22.7 Å². The maximum Gasteiger partial charge on any atom is 0.156 e. The lowest BCUT2D eigenvalue weighted by Crippen LogP contribution is -2.15. The van der Waals surface area contributed by atoms with E-state index in [1.165, 1.54) is 0 Å². The van der Waals surface area contributed by atoms with Crippen molar-refractivity contribution in [2.75, 3.05) is 11.5 Å². The van der Waals surface area contributed by atoms with Crippen molar-refractivity contribution >= 4 is 9.84 Å². The van der Waals surface area contributed by atoms with E-state index < -0.39 is 9.84 Å². The van der Waals surface area contributed by atoms with Gasteiger partial charge in [0.05, 0.1) is 11.5 Å². The van der Waals surface area contributed by atoms with Crippen LogP contribution in [0.25, 0.3) is 0 Å². The van der Waals surface area contributed by atoms with Crippen LogP contribution in [-0.4, -0.2) is 31.1 Å². The third kappa shape index (κ3) is 0.609. The average Bonchev–Trinajstić information content (AvgIpc) is 1.93. The molecular weight excluding hydrogens is 152 g/mol. The quantitative estimate of drug-likeness (QED) is 0.470. The van der Waals surface area contributed by atoms with Gasteiger partial charge >= 0.3 is 0 Å². The van der Waals surface area contributed by atoms with Gasteiger partial charge in [-0.1, -0.05) is 0 Å². The van der Waals surface area contributed by atoms with Gasteiger partial charge in [-0.2, -0.15) is 0 Å². The molecule has 2 aliphatic rings. The highest BCUT2D eigenvalue weighted by Gasteiger charge is 2.71. The Balaban J connectivity index is 2.40. The Morgan fingerprint density at radius 2 is 1.60 bits per heavy atom. The van der Waals surface area contributed by atoms with Crippen molar-refractivity contribution in [1.82, 2.24) is 0 Å². The summed E-state index contributed by atoms with van der Waals surface area (Å²) in [6.07, 6.45) is 0. The first kappa shape index (κ1) is 6.61. The highest BCUT2D eigenvalue weighted by molar-refractivity contribution is 7.91. The number of rotatable bonds is 0. The molecule has 0 radical (unpaired) electrons. The van der Waals surface area contributed by atoms with Gasteiger partial charge in [0.15, 0.2) is 9.84 Å². The Morgan fingerprint density at radius 1 is 1.20 bits per heavy atom. The van der Waals surface area contributed by atoms with Crippen LogP contribution in [0.2, 0.25) is 0 Å². The Hall–Kier alpha value is -0.0900. The van der Waals surface area contributed by atoms with E-state index in [1.807, 2.05) is 13.8 Å². The van der Waals surface area contributed by atoms with E-state index in [1.54, 1.807) is 0 Å². The topological polar surface area (TPSA) is 46.7 Å². The first-order valence-corrected chi connectivity index (χ1v) is 5.10. The van der Waals surface area contributed by atoms with Crippen LogP contribution >= 0.6 is 0 Å². The molecule has 0 aromatic heterocycles. The predicted molar refractivity (Wildman–Crippen MR) is 36.5 cm³/mol. The van der Waals surface area contributed by atoms with E-state index in [4.69, 9.17) is 4.74 Å². The Bertz CT molecular complexity index is 259. The molecule has 58 valence electrons. The monoisotopic (exact) mass is 162 g/mol. The Labute approximate surface area is 60.3 Å². The molecule has 0 aromatic rings. The van der Waals surface area contributed by atoms with E-state index in [0.29, 0.717) is 0 Å². The number of hydrogen-bond donors (Lipinski definition) is 0. The second-order valence-corrected chi connectivity index (χ2v) is 5.66. The molecule has 2 rings (SSSR count). The molecule has 2 heterocycles. The SMILES string of the molecule is C[C@]12CS(=O)(=O)C[C@]1(C)O2. The fraction of sp³-hybridized carbons (Fsp3) is 1.00. The Kier molecular flexibility index (Phi) is 0.843. The summed E-state index contributed by atoms with van der Waals surface area (Å²) >= 11 is 0. The highest BCUT2D eigenvalue weighted by atomic mass is 32.2. The molecule has 0 bridgehead atoms. The fourth-order valence-corrected chi connectivity index (χ4v) is 4.24. The minimum Gasteiger partial charge on any atom is -0.361 e. The maximum absolute atomic E-state index is 11.0. The van der Waals surface area contributed by atoms with Gasteiger partial charge in [-0.3, -0.25) is 0 Å². The van der Waals surface area contributed by atoms with Crippen molar-refractivity contribution in [3.8, 4) is 0 Å². The van der Waals surface area contributed by atoms with Gasteiger partial charge in [-0.25, -0.2) is 8.42 Å². The van der Waals surface area contributed by atoms with Gasteiger partial charge in [0.1, 0.15) is 11.2 Å². The van der Waals surface area contributed by atoms with Gasteiger partial charge in [0.25, 0.3) is 0 Å². The highest BCUT2D eigenvalue weighted by Crippen LogP contribution is 2.54. The van der Waals surface area contributed by atoms with Gasteiger partial charge < -0.3 is 4.74 Å². The third-order valence-corrected chi connectivity index (χ3v) is 4.50. The molecule has 2 saturated heterocycles. The van der Waals surface area contributed by atoms with Crippen LogP contribution in [0.3, 0.4) is 0 Å². The smallest absolute Gasteiger partial charge is 0.156 e. The van der Waals surface area contributed by atoms with Gasteiger partial charge in [-0.05, 0) is 13.8 Å². The minimum atomic E-state index is -2.79.